The number of hydrogen-bond donors (Lipinski definition) is 1. The van der Waals surface area contributed by atoms with Crippen LogP contribution in [-0.2, 0) is 15.9 Å². The van der Waals surface area contributed by atoms with Crippen LogP contribution in [0.4, 0.5) is 0 Å². The summed E-state index contributed by atoms with van der Waals surface area (Å²) in [6.07, 6.45) is 2.09. The summed E-state index contributed by atoms with van der Waals surface area (Å²) in [5.41, 5.74) is 1.26. The number of methoxy groups -OCH3 is 2. The van der Waals surface area contributed by atoms with Gasteiger partial charge in [-0.05, 0) is 37.5 Å². The third-order valence-electron chi connectivity index (χ3n) is 3.58. The fourth-order valence-electron chi connectivity index (χ4n) is 2.19. The highest BCUT2D eigenvalue weighted by molar-refractivity contribution is 5.25. The van der Waals surface area contributed by atoms with Crippen molar-refractivity contribution in [2.75, 3.05) is 40.5 Å². The van der Waals surface area contributed by atoms with E-state index in [9.17, 15) is 5.11 Å². The van der Waals surface area contributed by atoms with Crippen molar-refractivity contribution < 1.29 is 14.6 Å². The average molecular weight is 281 g/mol. The second kappa shape index (κ2) is 9.75. The summed E-state index contributed by atoms with van der Waals surface area (Å²) in [6, 6.07) is 7.93. The summed E-state index contributed by atoms with van der Waals surface area (Å²) in [5, 5.41) is 9.28. The van der Waals surface area contributed by atoms with Gasteiger partial charge in [0, 0.05) is 33.4 Å². The first-order valence-corrected chi connectivity index (χ1v) is 7.17. The fourth-order valence-corrected chi connectivity index (χ4v) is 2.19. The summed E-state index contributed by atoms with van der Waals surface area (Å²) in [4.78, 5) is 2.40. The van der Waals surface area contributed by atoms with Gasteiger partial charge in [0.2, 0.25) is 0 Å². The maximum absolute atomic E-state index is 9.28. The van der Waals surface area contributed by atoms with Crippen molar-refractivity contribution in [3.8, 4) is 5.75 Å². The van der Waals surface area contributed by atoms with Gasteiger partial charge in [0.05, 0.1) is 13.2 Å². The molecule has 4 nitrogen and oxygen atoms in total. The van der Waals surface area contributed by atoms with Crippen LogP contribution in [0, 0.1) is 0 Å². The molecule has 0 fully saturated rings. The Bertz CT molecular complexity index is 345. The van der Waals surface area contributed by atoms with E-state index in [4.69, 9.17) is 9.47 Å². The van der Waals surface area contributed by atoms with Crippen LogP contribution in [0.15, 0.2) is 24.3 Å². The van der Waals surface area contributed by atoms with Gasteiger partial charge in [-0.25, -0.2) is 0 Å². The number of benzene rings is 1. The van der Waals surface area contributed by atoms with Gasteiger partial charge in [0.25, 0.3) is 0 Å². The van der Waals surface area contributed by atoms with E-state index in [1.807, 2.05) is 12.1 Å². The second-order valence-corrected chi connectivity index (χ2v) is 5.08. The molecule has 114 valence electrons. The molecule has 0 amide bonds. The summed E-state index contributed by atoms with van der Waals surface area (Å²) in [5.74, 6) is 0.323. The molecule has 0 spiro atoms. The van der Waals surface area contributed by atoms with Crippen molar-refractivity contribution in [2.45, 2.75) is 25.8 Å². The Kier molecular flexibility index (Phi) is 8.26. The smallest absolute Gasteiger partial charge is 0.115 e. The number of ether oxygens (including phenoxy) is 2. The predicted octanol–water partition coefficient (Wildman–Crippen LogP) is 2.31. The number of aryl methyl sites for hydroxylation is 1. The molecule has 0 aliphatic heterocycles. The van der Waals surface area contributed by atoms with Gasteiger partial charge in [0.15, 0.2) is 0 Å². The Morgan fingerprint density at radius 2 is 1.60 bits per heavy atom. The molecule has 1 unspecified atom stereocenters. The van der Waals surface area contributed by atoms with E-state index in [0.717, 1.165) is 39.1 Å². The first kappa shape index (κ1) is 17.0. The molecule has 0 aliphatic rings. The average Bonchev–Trinajstić information content (AvgIpc) is 2.46. The molecular formula is C16H27NO3. The van der Waals surface area contributed by atoms with Crippen molar-refractivity contribution >= 4 is 0 Å². The maximum atomic E-state index is 9.28. The monoisotopic (exact) mass is 281 g/mol. The number of rotatable bonds is 10. The number of aromatic hydroxyl groups is 1. The lowest BCUT2D eigenvalue weighted by atomic mass is 10.0. The number of phenols is 1. The van der Waals surface area contributed by atoms with Crippen LogP contribution in [0.25, 0.3) is 0 Å². The number of phenolic OH excluding ortho intramolecular Hbond substituents is 1. The van der Waals surface area contributed by atoms with Crippen molar-refractivity contribution in [3.05, 3.63) is 29.8 Å². The van der Waals surface area contributed by atoms with E-state index in [-0.39, 0.29) is 0 Å². The molecule has 1 aromatic rings. The third-order valence-corrected chi connectivity index (χ3v) is 3.58. The zero-order valence-corrected chi connectivity index (χ0v) is 12.8. The normalized spacial score (nSPS) is 12.8. The molecule has 0 heterocycles. The lowest BCUT2D eigenvalue weighted by Crippen LogP contribution is -2.38. The van der Waals surface area contributed by atoms with Gasteiger partial charge < -0.3 is 14.6 Å². The summed E-state index contributed by atoms with van der Waals surface area (Å²) in [7, 11) is 3.46. The molecule has 1 atom stereocenters. The lowest BCUT2D eigenvalue weighted by Gasteiger charge is -2.28. The minimum atomic E-state index is 0.323. The van der Waals surface area contributed by atoms with Gasteiger partial charge >= 0.3 is 0 Å². The molecule has 1 aromatic carbocycles. The number of hydrogen-bond acceptors (Lipinski definition) is 4. The molecule has 4 heteroatoms. The van der Waals surface area contributed by atoms with Crippen LogP contribution >= 0.6 is 0 Å². The van der Waals surface area contributed by atoms with Crippen LogP contribution in [0.3, 0.4) is 0 Å². The topological polar surface area (TPSA) is 41.9 Å². The predicted molar refractivity (Wildman–Crippen MR) is 81.2 cm³/mol. The minimum Gasteiger partial charge on any atom is -0.508 e. The van der Waals surface area contributed by atoms with Crippen LogP contribution in [-0.4, -0.2) is 56.6 Å². The van der Waals surface area contributed by atoms with E-state index < -0.39 is 0 Å². The molecule has 0 saturated heterocycles. The highest BCUT2D eigenvalue weighted by Crippen LogP contribution is 2.13. The SMILES string of the molecule is COCCN(CCOC)C(C)CCc1ccc(O)cc1. The molecule has 0 saturated carbocycles. The van der Waals surface area contributed by atoms with Gasteiger partial charge in [-0.3, -0.25) is 4.90 Å². The standard InChI is InChI=1S/C16H27NO3/c1-14(17(10-12-19-2)11-13-20-3)4-5-15-6-8-16(18)9-7-15/h6-9,14,18H,4-5,10-13H2,1-3H3. The zero-order chi connectivity index (χ0) is 14.8. The van der Waals surface area contributed by atoms with Crippen molar-refractivity contribution in [2.24, 2.45) is 0 Å². The highest BCUT2D eigenvalue weighted by atomic mass is 16.5. The van der Waals surface area contributed by atoms with E-state index in [1.54, 1.807) is 26.4 Å². The second-order valence-electron chi connectivity index (χ2n) is 5.08. The van der Waals surface area contributed by atoms with Gasteiger partial charge in [-0.2, -0.15) is 0 Å². The Labute approximate surface area is 122 Å². The highest BCUT2D eigenvalue weighted by Gasteiger charge is 2.13. The quantitative estimate of drug-likeness (QED) is 0.714. The first-order chi connectivity index (χ1) is 9.67. The molecule has 1 rings (SSSR count). The molecule has 0 aliphatic carbocycles. The molecule has 0 radical (unpaired) electrons. The Balaban J connectivity index is 2.43. The summed E-state index contributed by atoms with van der Waals surface area (Å²) < 4.78 is 10.3. The molecular weight excluding hydrogens is 254 g/mol. The van der Waals surface area contributed by atoms with Crippen LogP contribution < -0.4 is 0 Å². The molecule has 0 aromatic heterocycles. The first-order valence-electron chi connectivity index (χ1n) is 7.17. The van der Waals surface area contributed by atoms with Crippen LogP contribution in [0.2, 0.25) is 0 Å². The summed E-state index contributed by atoms with van der Waals surface area (Å²) in [6.45, 7) is 5.58. The van der Waals surface area contributed by atoms with E-state index in [1.165, 1.54) is 5.56 Å². The Hall–Kier alpha value is -1.10. The van der Waals surface area contributed by atoms with Crippen LogP contribution in [0.5, 0.6) is 5.75 Å². The molecule has 0 bridgehead atoms. The van der Waals surface area contributed by atoms with E-state index >= 15 is 0 Å². The van der Waals surface area contributed by atoms with Gasteiger partial charge in [-0.15, -0.1) is 0 Å². The van der Waals surface area contributed by atoms with Gasteiger partial charge in [0.1, 0.15) is 5.75 Å². The van der Waals surface area contributed by atoms with E-state index in [0.29, 0.717) is 11.8 Å². The van der Waals surface area contributed by atoms with E-state index in [2.05, 4.69) is 11.8 Å². The van der Waals surface area contributed by atoms with Gasteiger partial charge in [-0.1, -0.05) is 12.1 Å². The van der Waals surface area contributed by atoms with Crippen LogP contribution in [0.1, 0.15) is 18.9 Å². The Morgan fingerprint density at radius 3 is 2.10 bits per heavy atom. The lowest BCUT2D eigenvalue weighted by molar-refractivity contribution is 0.0895. The molecule has 20 heavy (non-hydrogen) atoms. The number of nitrogens with zero attached hydrogens (tertiary/aromatic N) is 1. The van der Waals surface area contributed by atoms with Crippen molar-refractivity contribution in [1.29, 1.82) is 0 Å². The summed E-state index contributed by atoms with van der Waals surface area (Å²) >= 11 is 0. The molecule has 1 N–H and O–H groups in total. The minimum absolute atomic E-state index is 0.323. The maximum Gasteiger partial charge on any atom is 0.115 e. The Morgan fingerprint density at radius 1 is 1.05 bits per heavy atom. The largest absolute Gasteiger partial charge is 0.508 e. The van der Waals surface area contributed by atoms with Crippen molar-refractivity contribution in [1.82, 2.24) is 4.90 Å². The third kappa shape index (κ3) is 6.37. The van der Waals surface area contributed by atoms with Crippen molar-refractivity contribution in [3.63, 3.8) is 0 Å². The zero-order valence-electron chi connectivity index (χ0n) is 12.8. The fraction of sp³-hybridized carbons (Fsp3) is 0.625.